The number of carbonyl (C=O) groups is 1. The molecule has 149 valence electrons. The molecule has 0 saturated carbocycles. The number of benzene rings is 1. The summed E-state index contributed by atoms with van der Waals surface area (Å²) >= 11 is 8.14. The topological polar surface area (TPSA) is 29.5 Å². The van der Waals surface area contributed by atoms with Crippen LogP contribution in [-0.2, 0) is 44.1 Å². The summed E-state index contributed by atoms with van der Waals surface area (Å²) in [5.41, 5.74) is 1.92. The molecule has 0 bridgehead atoms. The van der Waals surface area contributed by atoms with Crippen molar-refractivity contribution < 1.29 is 42.2 Å². The van der Waals surface area contributed by atoms with Gasteiger partial charge in [0, 0.05) is 63.5 Å². The van der Waals surface area contributed by atoms with Crippen LogP contribution < -0.4 is 4.90 Å². The van der Waals surface area contributed by atoms with Gasteiger partial charge >= 0.3 is 0 Å². The van der Waals surface area contributed by atoms with Crippen molar-refractivity contribution in [1.29, 1.82) is 0 Å². The maximum Gasteiger partial charge on any atom is 0.162 e. The fourth-order valence-electron chi connectivity index (χ4n) is 3.48. The molecule has 1 saturated heterocycles. The number of ether oxygens (including phenoxy) is 1. The van der Waals surface area contributed by atoms with E-state index in [0.29, 0.717) is 19.6 Å². The summed E-state index contributed by atoms with van der Waals surface area (Å²) in [6, 6.07) is 12.1. The van der Waals surface area contributed by atoms with Gasteiger partial charge < -0.3 is 9.64 Å². The molecule has 2 atom stereocenters. The second-order valence-electron chi connectivity index (χ2n) is 7.03. The second kappa shape index (κ2) is 12.4. The third-order valence-corrected chi connectivity index (χ3v) is 6.33. The molecule has 1 aliphatic heterocycles. The van der Waals surface area contributed by atoms with Crippen molar-refractivity contribution in [2.45, 2.75) is 57.1 Å². The largest absolute Gasteiger partial charge is 0.387 e. The van der Waals surface area contributed by atoms with Crippen molar-refractivity contribution in [2.24, 2.45) is 0 Å². The number of alkyl halides is 1. The molecule has 1 aliphatic rings. The molecule has 0 unspecified atom stereocenters. The molecular formula is C22H27ClNO2SY-. The molecule has 3 rings (SSSR count). The van der Waals surface area contributed by atoms with Crippen LogP contribution >= 0.6 is 22.9 Å². The third-order valence-electron chi connectivity index (χ3n) is 5.05. The number of anilines is 1. The van der Waals surface area contributed by atoms with Crippen molar-refractivity contribution in [1.82, 2.24) is 0 Å². The molecule has 1 fully saturated rings. The van der Waals surface area contributed by atoms with Gasteiger partial charge in [-0.3, -0.25) is 16.1 Å². The second-order valence-corrected chi connectivity index (χ2v) is 8.55. The quantitative estimate of drug-likeness (QED) is 0.184. The van der Waals surface area contributed by atoms with E-state index in [1.807, 2.05) is 36.4 Å². The molecule has 1 aromatic heterocycles. The van der Waals surface area contributed by atoms with Gasteiger partial charge in [0.2, 0.25) is 0 Å². The van der Waals surface area contributed by atoms with Gasteiger partial charge in [-0.25, -0.2) is 0 Å². The number of nitrogens with zero attached hydrogens (tertiary/aromatic N) is 1. The SMILES string of the molecule is CCCCCC(=O)c1ccc(N2CC[C@@H](Cl)[C@@H]2COCc2cc[c-]s2)cc1.[Y]. The summed E-state index contributed by atoms with van der Waals surface area (Å²) in [5, 5.41) is 3.16. The van der Waals surface area contributed by atoms with Crippen LogP contribution in [0.3, 0.4) is 0 Å². The molecule has 0 aliphatic carbocycles. The van der Waals surface area contributed by atoms with Crippen molar-refractivity contribution in [3.8, 4) is 0 Å². The molecule has 2 heterocycles. The Balaban J connectivity index is 0.00000280. The first-order valence-electron chi connectivity index (χ1n) is 9.75. The average molecular weight is 494 g/mol. The minimum atomic E-state index is 0. The molecule has 1 aromatic carbocycles. The third kappa shape index (κ3) is 6.63. The van der Waals surface area contributed by atoms with E-state index in [1.165, 1.54) is 4.88 Å². The summed E-state index contributed by atoms with van der Waals surface area (Å²) in [6.45, 7) is 4.27. The van der Waals surface area contributed by atoms with Crippen molar-refractivity contribution >= 4 is 34.4 Å². The van der Waals surface area contributed by atoms with Crippen LogP contribution in [-0.4, -0.2) is 30.4 Å². The Labute approximate surface area is 202 Å². The monoisotopic (exact) mass is 493 g/mol. The zero-order valence-electron chi connectivity index (χ0n) is 16.4. The summed E-state index contributed by atoms with van der Waals surface area (Å²) in [7, 11) is 0. The zero-order valence-corrected chi connectivity index (χ0v) is 20.8. The van der Waals surface area contributed by atoms with E-state index >= 15 is 0 Å². The van der Waals surface area contributed by atoms with Gasteiger partial charge in [-0.15, -0.1) is 21.9 Å². The Morgan fingerprint density at radius 1 is 1.29 bits per heavy atom. The van der Waals surface area contributed by atoms with Gasteiger partial charge in [-0.05, 0) is 37.1 Å². The van der Waals surface area contributed by atoms with Gasteiger partial charge in [-0.1, -0.05) is 19.8 Å². The Morgan fingerprint density at radius 3 is 2.75 bits per heavy atom. The fourth-order valence-corrected chi connectivity index (χ4v) is 4.35. The molecular weight excluding hydrogens is 467 g/mol. The number of hydrogen-bond acceptors (Lipinski definition) is 4. The van der Waals surface area contributed by atoms with Gasteiger partial charge in [0.05, 0.1) is 18.0 Å². The first-order valence-corrected chi connectivity index (χ1v) is 11.0. The van der Waals surface area contributed by atoms with Crippen LogP contribution in [0.1, 0.15) is 54.3 Å². The van der Waals surface area contributed by atoms with Gasteiger partial charge in [0.1, 0.15) is 0 Å². The predicted octanol–water partition coefficient (Wildman–Crippen LogP) is 5.71. The van der Waals surface area contributed by atoms with Crippen molar-refractivity contribution in [2.75, 3.05) is 18.1 Å². The summed E-state index contributed by atoms with van der Waals surface area (Å²) < 4.78 is 5.91. The standard InChI is InChI=1S/C22H27ClNO2S.Y/c1-2-3-4-7-22(25)17-8-10-18(11-9-17)24-13-12-20(23)21(24)16-26-15-19-6-5-14-27-19;/h5-6,8-11,20-21H,2-4,7,12-13,15-16H2,1H3;/q-1;/t20-,21+;/m1./s1. The number of thiophene rings is 1. The van der Waals surface area contributed by atoms with Crippen molar-refractivity contribution in [3.05, 3.63) is 52.2 Å². The predicted molar refractivity (Wildman–Crippen MR) is 113 cm³/mol. The van der Waals surface area contributed by atoms with Crippen LogP contribution in [0, 0.1) is 5.38 Å². The molecule has 28 heavy (non-hydrogen) atoms. The normalized spacial score (nSPS) is 18.9. The Bertz CT molecular complexity index is 708. The number of ketones is 1. The molecule has 0 N–H and O–H groups in total. The summed E-state index contributed by atoms with van der Waals surface area (Å²) in [6.07, 6.45) is 4.80. The number of rotatable bonds is 10. The fraction of sp³-hybridized carbons (Fsp3) is 0.500. The number of unbranched alkanes of at least 4 members (excludes halogenated alkanes) is 2. The van der Waals surface area contributed by atoms with Crippen LogP contribution in [0.15, 0.2) is 36.4 Å². The van der Waals surface area contributed by atoms with E-state index < -0.39 is 0 Å². The smallest absolute Gasteiger partial charge is 0.162 e. The minimum absolute atomic E-state index is 0. The van der Waals surface area contributed by atoms with Crippen LogP contribution in [0.4, 0.5) is 5.69 Å². The minimum Gasteiger partial charge on any atom is -0.387 e. The van der Waals surface area contributed by atoms with E-state index in [2.05, 4.69) is 17.2 Å². The van der Waals surface area contributed by atoms with E-state index in [4.69, 9.17) is 16.3 Å². The maximum absolute atomic E-state index is 12.3. The number of halogens is 1. The zero-order chi connectivity index (χ0) is 19.1. The Morgan fingerprint density at radius 2 is 2.07 bits per heavy atom. The van der Waals surface area contributed by atoms with Crippen LogP contribution in [0.2, 0.25) is 0 Å². The molecule has 1 radical (unpaired) electrons. The van der Waals surface area contributed by atoms with E-state index in [0.717, 1.165) is 43.5 Å². The first-order chi connectivity index (χ1) is 13.2. The average Bonchev–Trinajstić information content (AvgIpc) is 3.32. The van der Waals surface area contributed by atoms with E-state index in [-0.39, 0.29) is 49.9 Å². The Kier molecular flexibility index (Phi) is 10.7. The number of hydrogen-bond donors (Lipinski definition) is 0. The van der Waals surface area contributed by atoms with Crippen LogP contribution in [0.25, 0.3) is 0 Å². The van der Waals surface area contributed by atoms with Crippen LogP contribution in [0.5, 0.6) is 0 Å². The van der Waals surface area contributed by atoms with E-state index in [9.17, 15) is 4.79 Å². The first kappa shape index (κ1) is 24.0. The van der Waals surface area contributed by atoms with Gasteiger partial charge in [0.15, 0.2) is 5.78 Å². The molecule has 0 spiro atoms. The molecule has 6 heteroatoms. The number of carbonyl (C=O) groups excluding carboxylic acids is 1. The molecule has 3 nitrogen and oxygen atoms in total. The molecule has 2 aromatic rings. The van der Waals surface area contributed by atoms with Crippen molar-refractivity contribution in [3.63, 3.8) is 0 Å². The van der Waals surface area contributed by atoms with E-state index in [1.54, 1.807) is 11.3 Å². The van der Waals surface area contributed by atoms with Gasteiger partial charge in [0.25, 0.3) is 0 Å². The summed E-state index contributed by atoms with van der Waals surface area (Å²) in [5.74, 6) is 0.235. The molecule has 0 amide bonds. The Hall–Kier alpha value is -0.256. The number of Topliss-reactive ketones (excluding diaryl/α,β-unsaturated/α-hetero) is 1. The summed E-state index contributed by atoms with van der Waals surface area (Å²) in [4.78, 5) is 15.8. The maximum atomic E-state index is 12.3. The van der Waals surface area contributed by atoms with Gasteiger partial charge in [-0.2, -0.15) is 12.1 Å².